The summed E-state index contributed by atoms with van der Waals surface area (Å²) in [7, 11) is -1.68. The van der Waals surface area contributed by atoms with Gasteiger partial charge in [0, 0.05) is 6.07 Å². The molecule has 4 nitrogen and oxygen atoms in total. The van der Waals surface area contributed by atoms with E-state index in [0.717, 1.165) is 12.8 Å². The lowest BCUT2D eigenvalue weighted by Crippen LogP contribution is -2.08. The van der Waals surface area contributed by atoms with E-state index < -0.39 is 9.84 Å². The lowest BCUT2D eigenvalue weighted by Gasteiger charge is -2.11. The number of nitrogens with one attached hydrogen (secondary N) is 1. The second kappa shape index (κ2) is 4.91. The molecule has 1 aromatic rings. The Morgan fingerprint density at radius 3 is 2.78 bits per heavy atom. The van der Waals surface area contributed by atoms with Crippen LogP contribution >= 0.6 is 0 Å². The van der Waals surface area contributed by atoms with Gasteiger partial charge >= 0.3 is 0 Å². The van der Waals surface area contributed by atoms with Crippen molar-refractivity contribution in [1.29, 1.82) is 0 Å². The highest BCUT2D eigenvalue weighted by atomic mass is 32.2. The van der Waals surface area contributed by atoms with Crippen LogP contribution in [0.25, 0.3) is 0 Å². The van der Waals surface area contributed by atoms with E-state index in [1.54, 1.807) is 18.2 Å². The first-order valence-electron chi connectivity index (χ1n) is 5.69. The third-order valence-electron chi connectivity index (χ3n) is 2.85. The summed E-state index contributed by atoms with van der Waals surface area (Å²) in [4.78, 5) is 0.313. The van der Waals surface area contributed by atoms with Crippen LogP contribution in [-0.2, 0) is 9.84 Å². The molecule has 0 saturated heterocycles. The molecule has 1 saturated carbocycles. The molecule has 0 aromatic heterocycles. The van der Waals surface area contributed by atoms with Crippen LogP contribution in [0.3, 0.4) is 0 Å². The van der Waals surface area contributed by atoms with Crippen LogP contribution in [0.1, 0.15) is 12.8 Å². The summed E-state index contributed by atoms with van der Waals surface area (Å²) >= 11 is 0. The van der Waals surface area contributed by atoms with Crippen molar-refractivity contribution in [2.24, 2.45) is 0 Å². The number of ether oxygens (including phenoxy) is 1. The van der Waals surface area contributed by atoms with Crippen molar-refractivity contribution in [2.45, 2.75) is 23.0 Å². The molecule has 1 aliphatic rings. The van der Waals surface area contributed by atoms with Crippen LogP contribution in [0.4, 0.5) is 5.69 Å². The molecule has 0 unspecified atom stereocenters. The maximum atomic E-state index is 12.1. The Balaban J connectivity index is 2.33. The van der Waals surface area contributed by atoms with E-state index in [9.17, 15) is 8.42 Å². The summed E-state index contributed by atoms with van der Waals surface area (Å²) < 4.78 is 29.3. The highest BCUT2D eigenvalue weighted by Crippen LogP contribution is 2.36. The van der Waals surface area contributed by atoms with Gasteiger partial charge in [0.1, 0.15) is 5.75 Å². The second-order valence-corrected chi connectivity index (χ2v) is 6.39. The Morgan fingerprint density at radius 2 is 2.22 bits per heavy atom. The Labute approximate surface area is 107 Å². The lowest BCUT2D eigenvalue weighted by atomic mass is 10.3. The number of sulfone groups is 1. The van der Waals surface area contributed by atoms with Gasteiger partial charge in [-0.3, -0.25) is 0 Å². The largest absolute Gasteiger partial charge is 0.495 e. The van der Waals surface area contributed by atoms with Crippen LogP contribution in [-0.4, -0.2) is 27.3 Å². The molecular formula is C13H15NO3S. The molecule has 0 atom stereocenters. The Hall–Kier alpha value is -1.67. The molecule has 0 heterocycles. The highest BCUT2D eigenvalue weighted by Gasteiger charge is 2.37. The average Bonchev–Trinajstić information content (AvgIpc) is 3.20. The van der Waals surface area contributed by atoms with Crippen LogP contribution < -0.4 is 10.1 Å². The van der Waals surface area contributed by atoms with Crippen LogP contribution in [0.5, 0.6) is 5.75 Å². The summed E-state index contributed by atoms with van der Waals surface area (Å²) in [5.74, 6) is 2.95. The number of hydrogen-bond donors (Lipinski definition) is 1. The number of anilines is 1. The lowest BCUT2D eigenvalue weighted by molar-refractivity contribution is 0.415. The molecule has 0 amide bonds. The first-order valence-corrected chi connectivity index (χ1v) is 7.23. The van der Waals surface area contributed by atoms with Gasteiger partial charge in [-0.25, -0.2) is 8.42 Å². The topological polar surface area (TPSA) is 55.4 Å². The fraction of sp³-hybridized carbons (Fsp3) is 0.385. The van der Waals surface area contributed by atoms with Gasteiger partial charge in [0.05, 0.1) is 29.5 Å². The number of hydrogen-bond acceptors (Lipinski definition) is 4. The van der Waals surface area contributed by atoms with Crippen molar-refractivity contribution >= 4 is 15.5 Å². The van der Waals surface area contributed by atoms with Gasteiger partial charge < -0.3 is 10.1 Å². The van der Waals surface area contributed by atoms with Crippen LogP contribution in [0.2, 0.25) is 0 Å². The maximum absolute atomic E-state index is 12.1. The summed E-state index contributed by atoms with van der Waals surface area (Å²) in [6.07, 6.45) is 6.67. The quantitative estimate of drug-likeness (QED) is 0.823. The zero-order valence-corrected chi connectivity index (χ0v) is 11.0. The smallest absolute Gasteiger partial charge is 0.181 e. The summed E-state index contributed by atoms with van der Waals surface area (Å²) in [5.41, 5.74) is 0.699. The predicted octanol–water partition coefficient (Wildman–Crippen LogP) is 1.68. The van der Waals surface area contributed by atoms with Gasteiger partial charge in [0.15, 0.2) is 9.84 Å². The first kappa shape index (κ1) is 12.8. The molecule has 2 rings (SSSR count). The summed E-state index contributed by atoms with van der Waals surface area (Å²) in [5, 5.41) is 2.77. The molecule has 5 heteroatoms. The average molecular weight is 265 g/mol. The number of benzene rings is 1. The zero-order chi connectivity index (χ0) is 13.2. The predicted molar refractivity (Wildman–Crippen MR) is 70.5 cm³/mol. The van der Waals surface area contributed by atoms with Crippen LogP contribution in [0, 0.1) is 12.3 Å². The zero-order valence-electron chi connectivity index (χ0n) is 10.1. The minimum absolute atomic E-state index is 0.216. The SMILES string of the molecule is C#CCNc1ccc(S(=O)(=O)C2CC2)cc1OC. The molecule has 0 spiro atoms. The molecule has 0 radical (unpaired) electrons. The van der Waals surface area contributed by atoms with Crippen molar-refractivity contribution in [3.05, 3.63) is 18.2 Å². The van der Waals surface area contributed by atoms with Gasteiger partial charge in [-0.05, 0) is 25.0 Å². The van der Waals surface area contributed by atoms with Crippen molar-refractivity contribution < 1.29 is 13.2 Å². The highest BCUT2D eigenvalue weighted by molar-refractivity contribution is 7.92. The van der Waals surface area contributed by atoms with Gasteiger partial charge in [0.2, 0.25) is 0 Å². The van der Waals surface area contributed by atoms with Crippen molar-refractivity contribution in [2.75, 3.05) is 19.0 Å². The van der Waals surface area contributed by atoms with Gasteiger partial charge in [0.25, 0.3) is 0 Å². The van der Waals surface area contributed by atoms with Crippen molar-refractivity contribution in [3.63, 3.8) is 0 Å². The molecule has 0 aliphatic heterocycles. The third kappa shape index (κ3) is 2.44. The Kier molecular flexibility index (Phi) is 3.48. The van der Waals surface area contributed by atoms with E-state index in [1.807, 2.05) is 0 Å². The molecule has 1 aromatic carbocycles. The van der Waals surface area contributed by atoms with Crippen molar-refractivity contribution in [1.82, 2.24) is 0 Å². The van der Waals surface area contributed by atoms with Gasteiger partial charge in [-0.1, -0.05) is 5.92 Å². The van der Waals surface area contributed by atoms with E-state index in [1.165, 1.54) is 7.11 Å². The molecule has 0 bridgehead atoms. The minimum Gasteiger partial charge on any atom is -0.495 e. The molecule has 1 fully saturated rings. The number of methoxy groups -OCH3 is 1. The monoisotopic (exact) mass is 265 g/mol. The fourth-order valence-electron chi connectivity index (χ4n) is 1.71. The first-order chi connectivity index (χ1) is 8.59. The molecule has 1 aliphatic carbocycles. The molecular weight excluding hydrogens is 250 g/mol. The standard InChI is InChI=1S/C13H15NO3S/c1-3-8-14-12-7-6-11(9-13(12)17-2)18(15,16)10-4-5-10/h1,6-7,9-10,14H,4-5,8H2,2H3. The van der Waals surface area contributed by atoms with E-state index in [2.05, 4.69) is 11.2 Å². The van der Waals surface area contributed by atoms with Gasteiger partial charge in [-0.2, -0.15) is 0 Å². The molecule has 1 N–H and O–H groups in total. The summed E-state index contributed by atoms with van der Waals surface area (Å²) in [6, 6.07) is 4.83. The van der Waals surface area contributed by atoms with E-state index in [0.29, 0.717) is 22.9 Å². The molecule has 18 heavy (non-hydrogen) atoms. The Bertz CT molecular complexity index is 583. The van der Waals surface area contributed by atoms with Crippen LogP contribution in [0.15, 0.2) is 23.1 Å². The van der Waals surface area contributed by atoms with E-state index in [-0.39, 0.29) is 5.25 Å². The number of terminal acetylenes is 1. The van der Waals surface area contributed by atoms with E-state index in [4.69, 9.17) is 11.2 Å². The van der Waals surface area contributed by atoms with Crippen molar-refractivity contribution in [3.8, 4) is 18.1 Å². The summed E-state index contributed by atoms with van der Waals surface area (Å²) in [6.45, 7) is 0.366. The van der Waals surface area contributed by atoms with E-state index >= 15 is 0 Å². The fourth-order valence-corrected chi connectivity index (χ4v) is 3.38. The number of rotatable bonds is 5. The maximum Gasteiger partial charge on any atom is 0.181 e. The molecule has 96 valence electrons. The Morgan fingerprint density at radius 1 is 1.50 bits per heavy atom. The third-order valence-corrected chi connectivity index (χ3v) is 5.11. The minimum atomic E-state index is -3.18. The van der Waals surface area contributed by atoms with Gasteiger partial charge in [-0.15, -0.1) is 6.42 Å². The second-order valence-electron chi connectivity index (χ2n) is 4.16. The normalized spacial score (nSPS) is 14.9.